The molecule has 3 aliphatic rings. The third kappa shape index (κ3) is 8.60. The van der Waals surface area contributed by atoms with Crippen molar-refractivity contribution in [2.75, 3.05) is 19.6 Å². The van der Waals surface area contributed by atoms with Gasteiger partial charge in [0.25, 0.3) is 0 Å². The summed E-state index contributed by atoms with van der Waals surface area (Å²) in [7, 11) is 0. The van der Waals surface area contributed by atoms with Crippen molar-refractivity contribution >= 4 is 17.9 Å². The predicted octanol–water partition coefficient (Wildman–Crippen LogP) is -3.62. The third-order valence-corrected chi connectivity index (χ3v) is 4.22. The standard InChI is InChI=1S/3C5H9NO3/c3*7-3-1-4(5(8)9)6-2-3/h3*3-4,6-7H,1-2H2,(H,8,9)/t3*3-,4+/m111/s1. The molecule has 6 atom stereocenters. The van der Waals surface area contributed by atoms with Crippen LogP contribution in [0.5, 0.6) is 0 Å². The average molecular weight is 393 g/mol. The number of carboxylic acids is 3. The summed E-state index contributed by atoms with van der Waals surface area (Å²) in [5.74, 6) is -2.65. The quantitative estimate of drug-likeness (QED) is 0.228. The highest BCUT2D eigenvalue weighted by Gasteiger charge is 2.28. The molecule has 0 bridgehead atoms. The van der Waals surface area contributed by atoms with Gasteiger partial charge in [0, 0.05) is 38.9 Å². The fourth-order valence-electron chi connectivity index (χ4n) is 2.72. The maximum Gasteiger partial charge on any atom is 0.320 e. The van der Waals surface area contributed by atoms with Gasteiger partial charge in [0.2, 0.25) is 0 Å². The Morgan fingerprint density at radius 2 is 0.778 bits per heavy atom. The van der Waals surface area contributed by atoms with Gasteiger partial charge in [0.1, 0.15) is 18.1 Å². The van der Waals surface area contributed by atoms with Gasteiger partial charge in [0.05, 0.1) is 18.3 Å². The molecule has 12 heteroatoms. The first-order chi connectivity index (χ1) is 12.6. The van der Waals surface area contributed by atoms with E-state index in [1.54, 1.807) is 0 Å². The van der Waals surface area contributed by atoms with E-state index in [1.807, 2.05) is 0 Å². The van der Waals surface area contributed by atoms with E-state index in [0.29, 0.717) is 38.9 Å². The number of aliphatic hydroxyl groups excluding tert-OH is 3. The largest absolute Gasteiger partial charge is 0.480 e. The molecule has 27 heavy (non-hydrogen) atoms. The highest BCUT2D eigenvalue weighted by atomic mass is 16.4. The van der Waals surface area contributed by atoms with E-state index in [2.05, 4.69) is 16.0 Å². The lowest BCUT2D eigenvalue weighted by Gasteiger charge is -1.99. The van der Waals surface area contributed by atoms with Crippen molar-refractivity contribution in [2.45, 2.75) is 55.7 Å². The van der Waals surface area contributed by atoms with Crippen LogP contribution in [0.4, 0.5) is 0 Å². The Labute approximate surface area is 155 Å². The van der Waals surface area contributed by atoms with E-state index >= 15 is 0 Å². The number of β-amino-alcohol motifs (C(OH)–C–C–N with tert-alkyl or cyclic N) is 3. The molecule has 0 amide bonds. The lowest BCUT2D eigenvalue weighted by Crippen LogP contribution is -2.29. The van der Waals surface area contributed by atoms with Gasteiger partial charge in [-0.15, -0.1) is 0 Å². The molecule has 3 saturated heterocycles. The summed E-state index contributed by atoms with van der Waals surface area (Å²) in [6, 6.07) is -1.63. The minimum atomic E-state index is -0.883. The molecule has 3 aliphatic heterocycles. The van der Waals surface area contributed by atoms with Crippen molar-refractivity contribution in [2.24, 2.45) is 0 Å². The minimum Gasteiger partial charge on any atom is -0.480 e. The molecular weight excluding hydrogens is 366 g/mol. The van der Waals surface area contributed by atoms with Crippen molar-refractivity contribution < 1.29 is 45.0 Å². The zero-order valence-corrected chi connectivity index (χ0v) is 14.6. The number of aliphatic carboxylic acids is 3. The predicted molar refractivity (Wildman–Crippen MR) is 90.2 cm³/mol. The van der Waals surface area contributed by atoms with Gasteiger partial charge in [-0.3, -0.25) is 14.4 Å². The van der Waals surface area contributed by atoms with Crippen molar-refractivity contribution in [3.8, 4) is 0 Å². The molecule has 3 heterocycles. The highest BCUT2D eigenvalue weighted by molar-refractivity contribution is 5.74. The van der Waals surface area contributed by atoms with Crippen LogP contribution in [-0.2, 0) is 14.4 Å². The fourth-order valence-corrected chi connectivity index (χ4v) is 2.72. The van der Waals surface area contributed by atoms with Crippen molar-refractivity contribution in [1.82, 2.24) is 16.0 Å². The molecule has 0 aliphatic carbocycles. The number of hydrogen-bond acceptors (Lipinski definition) is 9. The number of nitrogens with one attached hydrogen (secondary N) is 3. The number of carbonyl (C=O) groups is 3. The topological polar surface area (TPSA) is 209 Å². The van der Waals surface area contributed by atoms with Gasteiger partial charge in [-0.1, -0.05) is 0 Å². The van der Waals surface area contributed by atoms with Crippen LogP contribution in [0.2, 0.25) is 0 Å². The maximum absolute atomic E-state index is 10.2. The van der Waals surface area contributed by atoms with E-state index in [0.717, 1.165) is 0 Å². The van der Waals surface area contributed by atoms with Crippen LogP contribution in [0.3, 0.4) is 0 Å². The fraction of sp³-hybridized carbons (Fsp3) is 0.800. The van der Waals surface area contributed by atoms with Crippen LogP contribution in [0.25, 0.3) is 0 Å². The van der Waals surface area contributed by atoms with Crippen LogP contribution >= 0.6 is 0 Å². The normalized spacial score (nSPS) is 34.8. The Morgan fingerprint density at radius 1 is 0.556 bits per heavy atom. The monoisotopic (exact) mass is 393 g/mol. The lowest BCUT2D eigenvalue weighted by atomic mass is 10.2. The van der Waals surface area contributed by atoms with Crippen LogP contribution in [0.15, 0.2) is 0 Å². The zero-order chi connectivity index (χ0) is 20.6. The lowest BCUT2D eigenvalue weighted by molar-refractivity contribution is -0.140. The second-order valence-corrected chi connectivity index (χ2v) is 6.57. The second-order valence-electron chi connectivity index (χ2n) is 6.57. The molecule has 0 aromatic heterocycles. The summed E-state index contributed by atoms with van der Waals surface area (Å²) in [5, 5.41) is 59.5. The zero-order valence-electron chi connectivity index (χ0n) is 14.6. The first-order valence-corrected chi connectivity index (χ1v) is 8.52. The molecular formula is C15H27N3O9. The van der Waals surface area contributed by atoms with Crippen LogP contribution in [-0.4, -0.2) is 105 Å². The Kier molecular flexibility index (Phi) is 9.55. The first kappa shape index (κ1) is 23.2. The van der Waals surface area contributed by atoms with Crippen LogP contribution < -0.4 is 16.0 Å². The Bertz CT molecular complexity index is 447. The Hall–Kier alpha value is -1.83. The summed E-state index contributed by atoms with van der Waals surface area (Å²) < 4.78 is 0. The van der Waals surface area contributed by atoms with Gasteiger partial charge in [-0.2, -0.15) is 0 Å². The molecule has 0 aromatic rings. The third-order valence-electron chi connectivity index (χ3n) is 4.22. The molecule has 0 saturated carbocycles. The minimum absolute atomic E-state index is 0.329. The second kappa shape index (κ2) is 11.1. The van der Waals surface area contributed by atoms with E-state index in [4.69, 9.17) is 30.6 Å². The van der Waals surface area contributed by atoms with Crippen LogP contribution in [0.1, 0.15) is 19.3 Å². The molecule has 3 rings (SSSR count). The molecule has 9 N–H and O–H groups in total. The van der Waals surface area contributed by atoms with Crippen molar-refractivity contribution in [3.63, 3.8) is 0 Å². The average Bonchev–Trinajstić information content (AvgIpc) is 3.30. The van der Waals surface area contributed by atoms with Gasteiger partial charge < -0.3 is 46.6 Å². The summed E-state index contributed by atoms with van der Waals surface area (Å²) in [6.45, 7) is 1.20. The molecule has 3 fully saturated rings. The molecule has 0 aromatic carbocycles. The van der Waals surface area contributed by atoms with Gasteiger partial charge in [-0.05, 0) is 0 Å². The molecule has 12 nitrogen and oxygen atoms in total. The Morgan fingerprint density at radius 3 is 0.852 bits per heavy atom. The van der Waals surface area contributed by atoms with Crippen molar-refractivity contribution in [3.05, 3.63) is 0 Å². The number of carboxylic acid groups (broad SMARTS) is 3. The molecule has 0 radical (unpaired) electrons. The highest BCUT2D eigenvalue weighted by Crippen LogP contribution is 2.06. The van der Waals surface area contributed by atoms with E-state index in [1.165, 1.54) is 0 Å². The number of rotatable bonds is 3. The van der Waals surface area contributed by atoms with Gasteiger partial charge in [-0.25, -0.2) is 0 Å². The summed E-state index contributed by atoms with van der Waals surface area (Å²) in [4.78, 5) is 30.5. The van der Waals surface area contributed by atoms with Gasteiger partial charge >= 0.3 is 17.9 Å². The Balaban J connectivity index is 0.000000202. The summed E-state index contributed by atoms with van der Waals surface area (Å²) in [5.41, 5.74) is 0. The van der Waals surface area contributed by atoms with Crippen LogP contribution in [0, 0.1) is 0 Å². The molecule has 156 valence electrons. The summed E-state index contributed by atoms with van der Waals surface area (Å²) in [6.07, 6.45) is -0.455. The summed E-state index contributed by atoms with van der Waals surface area (Å²) >= 11 is 0. The van der Waals surface area contributed by atoms with E-state index in [9.17, 15) is 14.4 Å². The van der Waals surface area contributed by atoms with Gasteiger partial charge in [0.15, 0.2) is 0 Å². The molecule has 0 unspecified atom stereocenters. The number of aliphatic hydroxyl groups is 3. The SMILES string of the molecule is O=C(O)[C@@H]1C[C@@H](O)CN1.O=C(O)[C@@H]1C[C@@H](O)CN1.O=C(O)[C@@H]1C[C@@H](O)CN1. The maximum atomic E-state index is 10.2. The van der Waals surface area contributed by atoms with E-state index < -0.39 is 54.3 Å². The number of hydrogen-bond donors (Lipinski definition) is 9. The first-order valence-electron chi connectivity index (χ1n) is 8.52. The smallest absolute Gasteiger partial charge is 0.320 e. The van der Waals surface area contributed by atoms with E-state index in [-0.39, 0.29) is 0 Å². The van der Waals surface area contributed by atoms with Crippen molar-refractivity contribution in [1.29, 1.82) is 0 Å². The molecule has 0 spiro atoms.